The van der Waals surface area contributed by atoms with Crippen molar-refractivity contribution in [3.05, 3.63) is 28.2 Å². The average Bonchev–Trinajstić information content (AvgIpc) is 2.48. The number of urea groups is 1. The SMILES string of the molecule is O=C(O)C1CCCN(C(=O)Nc2ccc(Br)c(C(F)(F)F)c2)C1. The average molecular weight is 395 g/mol. The maximum absolute atomic E-state index is 12.8. The van der Waals surface area contributed by atoms with Crippen LogP contribution in [0.2, 0.25) is 0 Å². The Hall–Kier alpha value is -1.77. The van der Waals surface area contributed by atoms with Crippen molar-refractivity contribution in [1.82, 2.24) is 4.90 Å². The number of carboxylic acids is 1. The van der Waals surface area contributed by atoms with Crippen molar-refractivity contribution >= 4 is 33.6 Å². The van der Waals surface area contributed by atoms with Crippen LogP contribution < -0.4 is 5.32 Å². The van der Waals surface area contributed by atoms with Gasteiger partial charge in [-0.05, 0) is 31.0 Å². The van der Waals surface area contributed by atoms with Crippen LogP contribution in [0.15, 0.2) is 22.7 Å². The zero-order valence-electron chi connectivity index (χ0n) is 11.9. The van der Waals surface area contributed by atoms with Crippen LogP contribution >= 0.6 is 15.9 Å². The van der Waals surface area contributed by atoms with Gasteiger partial charge in [0.05, 0.1) is 11.5 Å². The summed E-state index contributed by atoms with van der Waals surface area (Å²) in [6, 6.07) is 2.77. The van der Waals surface area contributed by atoms with Crippen LogP contribution in [0.5, 0.6) is 0 Å². The summed E-state index contributed by atoms with van der Waals surface area (Å²) in [5.74, 6) is -1.63. The Bertz CT molecular complexity index is 622. The molecule has 0 saturated carbocycles. The molecule has 1 atom stereocenters. The minimum absolute atomic E-state index is 0.00275. The van der Waals surface area contributed by atoms with E-state index < -0.39 is 29.7 Å². The van der Waals surface area contributed by atoms with Gasteiger partial charge in [0.25, 0.3) is 0 Å². The molecule has 0 bridgehead atoms. The lowest BCUT2D eigenvalue weighted by Gasteiger charge is -2.30. The van der Waals surface area contributed by atoms with E-state index in [-0.39, 0.29) is 16.7 Å². The number of carbonyl (C=O) groups excluding carboxylic acids is 1. The topological polar surface area (TPSA) is 69.6 Å². The van der Waals surface area contributed by atoms with Gasteiger partial charge in [0.15, 0.2) is 0 Å². The van der Waals surface area contributed by atoms with E-state index in [4.69, 9.17) is 5.11 Å². The van der Waals surface area contributed by atoms with Crippen molar-refractivity contribution in [2.75, 3.05) is 18.4 Å². The number of amides is 2. The molecule has 1 heterocycles. The number of nitrogens with one attached hydrogen (secondary N) is 1. The Balaban J connectivity index is 2.10. The third-order valence-corrected chi connectivity index (χ3v) is 4.27. The van der Waals surface area contributed by atoms with Crippen molar-refractivity contribution in [3.63, 3.8) is 0 Å². The van der Waals surface area contributed by atoms with Crippen molar-refractivity contribution in [2.45, 2.75) is 19.0 Å². The molecule has 1 aliphatic heterocycles. The summed E-state index contributed by atoms with van der Waals surface area (Å²) < 4.78 is 38.4. The highest BCUT2D eigenvalue weighted by molar-refractivity contribution is 9.10. The lowest BCUT2D eigenvalue weighted by molar-refractivity contribution is -0.143. The largest absolute Gasteiger partial charge is 0.481 e. The molecule has 2 N–H and O–H groups in total. The van der Waals surface area contributed by atoms with Crippen LogP contribution in [0.4, 0.5) is 23.7 Å². The Kier molecular flexibility index (Phi) is 5.18. The van der Waals surface area contributed by atoms with Gasteiger partial charge >= 0.3 is 18.2 Å². The highest BCUT2D eigenvalue weighted by atomic mass is 79.9. The molecular formula is C14H14BrF3N2O3. The molecule has 126 valence electrons. The number of hydrogen-bond acceptors (Lipinski definition) is 2. The summed E-state index contributed by atoms with van der Waals surface area (Å²) in [6.07, 6.45) is -3.52. The van der Waals surface area contributed by atoms with Gasteiger partial charge in [0.2, 0.25) is 0 Å². The lowest BCUT2D eigenvalue weighted by atomic mass is 9.99. The number of carboxylic acid groups (broad SMARTS) is 1. The number of nitrogens with zero attached hydrogens (tertiary/aromatic N) is 1. The number of aliphatic carboxylic acids is 1. The first-order valence-corrected chi connectivity index (χ1v) is 7.63. The number of alkyl halides is 3. The highest BCUT2D eigenvalue weighted by Gasteiger charge is 2.33. The maximum Gasteiger partial charge on any atom is 0.417 e. The lowest BCUT2D eigenvalue weighted by Crippen LogP contribution is -2.44. The monoisotopic (exact) mass is 394 g/mol. The number of piperidine rings is 1. The molecule has 1 fully saturated rings. The molecule has 0 radical (unpaired) electrons. The van der Waals surface area contributed by atoms with Crippen LogP contribution in [0.25, 0.3) is 0 Å². The molecule has 23 heavy (non-hydrogen) atoms. The van der Waals surface area contributed by atoms with Gasteiger partial charge in [0.1, 0.15) is 0 Å². The van der Waals surface area contributed by atoms with Gasteiger partial charge in [-0.3, -0.25) is 4.79 Å². The molecular weight excluding hydrogens is 381 g/mol. The van der Waals surface area contributed by atoms with Crippen molar-refractivity contribution in [2.24, 2.45) is 5.92 Å². The number of halogens is 4. The van der Waals surface area contributed by atoms with Crippen molar-refractivity contribution in [3.8, 4) is 0 Å². The fraction of sp³-hybridized carbons (Fsp3) is 0.429. The number of benzene rings is 1. The minimum Gasteiger partial charge on any atom is -0.481 e. The second-order valence-electron chi connectivity index (χ2n) is 5.25. The fourth-order valence-corrected chi connectivity index (χ4v) is 2.86. The predicted octanol–water partition coefficient (Wildman–Crippen LogP) is 3.80. The first kappa shape index (κ1) is 17.6. The normalized spacial score (nSPS) is 18.6. The third-order valence-electron chi connectivity index (χ3n) is 3.58. The molecule has 0 spiro atoms. The predicted molar refractivity (Wildman–Crippen MR) is 80.1 cm³/mol. The molecule has 9 heteroatoms. The van der Waals surface area contributed by atoms with Gasteiger partial charge in [-0.25, -0.2) is 4.79 Å². The van der Waals surface area contributed by atoms with E-state index in [1.165, 1.54) is 17.0 Å². The van der Waals surface area contributed by atoms with E-state index in [1.807, 2.05) is 0 Å². The van der Waals surface area contributed by atoms with Gasteiger partial charge in [0, 0.05) is 23.2 Å². The number of rotatable bonds is 2. The Labute approximate surface area is 138 Å². The summed E-state index contributed by atoms with van der Waals surface area (Å²) in [4.78, 5) is 24.4. The molecule has 1 aromatic carbocycles. The van der Waals surface area contributed by atoms with Gasteiger partial charge in [-0.2, -0.15) is 13.2 Å². The van der Waals surface area contributed by atoms with E-state index in [9.17, 15) is 22.8 Å². The molecule has 2 rings (SSSR count). The fourth-order valence-electron chi connectivity index (χ4n) is 2.39. The first-order chi connectivity index (χ1) is 10.7. The van der Waals surface area contributed by atoms with Crippen LogP contribution in [-0.4, -0.2) is 35.1 Å². The molecule has 2 amide bonds. The second kappa shape index (κ2) is 6.77. The van der Waals surface area contributed by atoms with Crippen molar-refractivity contribution < 1.29 is 27.9 Å². The summed E-state index contributed by atoms with van der Waals surface area (Å²) in [6.45, 7) is 0.419. The Morgan fingerprint density at radius 1 is 1.35 bits per heavy atom. The van der Waals surface area contributed by atoms with E-state index in [1.54, 1.807) is 0 Å². The number of carbonyl (C=O) groups is 2. The summed E-state index contributed by atoms with van der Waals surface area (Å²) >= 11 is 2.82. The summed E-state index contributed by atoms with van der Waals surface area (Å²) in [5, 5.41) is 11.4. The molecule has 1 saturated heterocycles. The van der Waals surface area contributed by atoms with Crippen LogP contribution in [0, 0.1) is 5.92 Å². The molecule has 1 aromatic rings. The Morgan fingerprint density at radius 3 is 2.65 bits per heavy atom. The third kappa shape index (κ3) is 4.37. The minimum atomic E-state index is -4.54. The zero-order chi connectivity index (χ0) is 17.2. The Morgan fingerprint density at radius 2 is 2.04 bits per heavy atom. The van der Waals surface area contributed by atoms with Gasteiger partial charge < -0.3 is 15.3 Å². The molecule has 5 nitrogen and oxygen atoms in total. The van der Waals surface area contributed by atoms with E-state index in [0.717, 1.165) is 6.07 Å². The van der Waals surface area contributed by atoms with Crippen molar-refractivity contribution in [1.29, 1.82) is 0 Å². The number of anilines is 1. The molecule has 0 aliphatic carbocycles. The molecule has 1 aliphatic rings. The summed E-state index contributed by atoms with van der Waals surface area (Å²) in [7, 11) is 0. The number of hydrogen-bond donors (Lipinski definition) is 2. The second-order valence-corrected chi connectivity index (χ2v) is 6.10. The van der Waals surface area contributed by atoms with E-state index >= 15 is 0 Å². The van der Waals surface area contributed by atoms with Crippen LogP contribution in [0.1, 0.15) is 18.4 Å². The van der Waals surface area contributed by atoms with Crippen LogP contribution in [0.3, 0.4) is 0 Å². The quantitative estimate of drug-likeness (QED) is 0.801. The van der Waals surface area contributed by atoms with Crippen LogP contribution in [-0.2, 0) is 11.0 Å². The highest BCUT2D eigenvalue weighted by Crippen LogP contribution is 2.36. The maximum atomic E-state index is 12.8. The van der Waals surface area contributed by atoms with Gasteiger partial charge in [-0.1, -0.05) is 15.9 Å². The summed E-state index contributed by atoms with van der Waals surface area (Å²) in [5.41, 5.74) is -0.889. The molecule has 0 aromatic heterocycles. The van der Waals surface area contributed by atoms with E-state index in [0.29, 0.717) is 19.4 Å². The molecule has 1 unspecified atom stereocenters. The van der Waals surface area contributed by atoms with E-state index in [2.05, 4.69) is 21.2 Å². The smallest absolute Gasteiger partial charge is 0.417 e. The van der Waals surface area contributed by atoms with Gasteiger partial charge in [-0.15, -0.1) is 0 Å². The number of likely N-dealkylation sites (tertiary alicyclic amines) is 1. The zero-order valence-corrected chi connectivity index (χ0v) is 13.4. The first-order valence-electron chi connectivity index (χ1n) is 6.84. The standard InChI is InChI=1S/C14H14BrF3N2O3/c15-11-4-3-9(6-10(11)14(16,17)18)19-13(23)20-5-1-2-8(7-20)12(21)22/h3-4,6,8H,1-2,5,7H2,(H,19,23)(H,21,22).